The Labute approximate surface area is 117 Å². The molecule has 0 bridgehead atoms. The highest BCUT2D eigenvalue weighted by atomic mass is 16.3. The van der Waals surface area contributed by atoms with Crippen LogP contribution in [0, 0.1) is 5.92 Å². The monoisotopic (exact) mass is 283 g/mol. The molecule has 7 heteroatoms. The Kier molecular flexibility index (Phi) is 4.59. The Morgan fingerprint density at radius 1 is 1.35 bits per heavy atom. The smallest absolute Gasteiger partial charge is 0.251 e. The molecular formula is C13H21N3O4. The molecule has 2 aliphatic heterocycles. The number of carbonyl (C=O) groups is 3. The summed E-state index contributed by atoms with van der Waals surface area (Å²) >= 11 is 0. The summed E-state index contributed by atoms with van der Waals surface area (Å²) in [5.74, 6) is -0.725. The Morgan fingerprint density at radius 2 is 2.05 bits per heavy atom. The third-order valence-electron chi connectivity index (χ3n) is 3.93. The van der Waals surface area contributed by atoms with E-state index < -0.39 is 6.10 Å². The summed E-state index contributed by atoms with van der Waals surface area (Å²) in [7, 11) is 1.57. The second-order valence-corrected chi connectivity index (χ2v) is 5.38. The van der Waals surface area contributed by atoms with E-state index in [2.05, 4.69) is 5.32 Å². The average Bonchev–Trinajstić information content (AvgIpc) is 2.52. The normalized spacial score (nSPS) is 24.1. The van der Waals surface area contributed by atoms with Crippen molar-refractivity contribution < 1.29 is 19.5 Å². The number of aliphatic hydroxyl groups is 1. The fraction of sp³-hybridized carbons (Fsp3) is 0.769. The van der Waals surface area contributed by atoms with E-state index in [1.807, 2.05) is 0 Å². The van der Waals surface area contributed by atoms with E-state index in [1.54, 1.807) is 11.9 Å². The minimum absolute atomic E-state index is 0.00361. The number of amides is 3. The Balaban J connectivity index is 1.83. The van der Waals surface area contributed by atoms with Gasteiger partial charge in [0.2, 0.25) is 11.8 Å². The van der Waals surface area contributed by atoms with Crippen LogP contribution in [0.3, 0.4) is 0 Å². The molecule has 2 fully saturated rings. The largest absolute Gasteiger partial charge is 0.383 e. The predicted molar refractivity (Wildman–Crippen MR) is 70.6 cm³/mol. The molecule has 0 saturated carbocycles. The highest BCUT2D eigenvalue weighted by molar-refractivity contribution is 5.89. The van der Waals surface area contributed by atoms with Crippen LogP contribution in [0.5, 0.6) is 0 Å². The summed E-state index contributed by atoms with van der Waals surface area (Å²) in [6, 6.07) is 0. The first kappa shape index (κ1) is 14.8. The lowest BCUT2D eigenvalue weighted by molar-refractivity contribution is -0.150. The minimum atomic E-state index is -0.986. The van der Waals surface area contributed by atoms with Crippen LogP contribution >= 0.6 is 0 Å². The topological polar surface area (TPSA) is 90.0 Å². The first-order chi connectivity index (χ1) is 9.52. The predicted octanol–water partition coefficient (Wildman–Crippen LogP) is -1.44. The van der Waals surface area contributed by atoms with Gasteiger partial charge in [-0.25, -0.2) is 0 Å². The van der Waals surface area contributed by atoms with E-state index >= 15 is 0 Å². The summed E-state index contributed by atoms with van der Waals surface area (Å²) in [5, 5.41) is 12.2. The van der Waals surface area contributed by atoms with Crippen LogP contribution in [0.4, 0.5) is 0 Å². The second kappa shape index (κ2) is 6.21. The maximum absolute atomic E-state index is 12.0. The molecule has 2 N–H and O–H groups in total. The molecule has 0 aliphatic carbocycles. The van der Waals surface area contributed by atoms with Gasteiger partial charge < -0.3 is 20.2 Å². The van der Waals surface area contributed by atoms with Crippen molar-refractivity contribution in [2.45, 2.75) is 25.4 Å². The van der Waals surface area contributed by atoms with Crippen molar-refractivity contribution in [1.29, 1.82) is 0 Å². The summed E-state index contributed by atoms with van der Waals surface area (Å²) < 4.78 is 0. The van der Waals surface area contributed by atoms with Gasteiger partial charge in [0.25, 0.3) is 5.91 Å². The molecule has 0 aromatic rings. The summed E-state index contributed by atoms with van der Waals surface area (Å²) in [6.45, 7) is 1.32. The van der Waals surface area contributed by atoms with Gasteiger partial charge in [0, 0.05) is 26.7 Å². The van der Waals surface area contributed by atoms with Crippen LogP contribution in [-0.2, 0) is 14.4 Å². The lowest BCUT2D eigenvalue weighted by Gasteiger charge is -2.39. The van der Waals surface area contributed by atoms with Crippen LogP contribution in [0.1, 0.15) is 19.3 Å². The molecule has 2 aliphatic rings. The van der Waals surface area contributed by atoms with Crippen molar-refractivity contribution in [3.63, 3.8) is 0 Å². The molecule has 2 heterocycles. The van der Waals surface area contributed by atoms with Crippen LogP contribution in [0.15, 0.2) is 0 Å². The fourth-order valence-electron chi connectivity index (χ4n) is 2.56. The van der Waals surface area contributed by atoms with E-state index in [0.29, 0.717) is 26.1 Å². The summed E-state index contributed by atoms with van der Waals surface area (Å²) in [6.07, 6.45) is 1.07. The molecule has 112 valence electrons. The molecule has 7 nitrogen and oxygen atoms in total. The molecule has 0 aromatic carbocycles. The van der Waals surface area contributed by atoms with Crippen molar-refractivity contribution in [1.82, 2.24) is 15.1 Å². The fourth-order valence-corrected chi connectivity index (χ4v) is 2.56. The molecule has 20 heavy (non-hydrogen) atoms. The van der Waals surface area contributed by atoms with E-state index in [4.69, 9.17) is 0 Å². The van der Waals surface area contributed by atoms with Crippen molar-refractivity contribution in [2.75, 3.05) is 33.2 Å². The highest BCUT2D eigenvalue weighted by Crippen LogP contribution is 2.17. The van der Waals surface area contributed by atoms with Gasteiger partial charge in [-0.2, -0.15) is 0 Å². The number of carbonyl (C=O) groups excluding carboxylic acids is 3. The SMILES string of the molecule is CNC(=O)C1CN(C(=O)CN2CCCCC(O)C2=O)C1. The summed E-state index contributed by atoms with van der Waals surface area (Å²) in [4.78, 5) is 38.2. The average molecular weight is 283 g/mol. The number of hydrogen-bond donors (Lipinski definition) is 2. The van der Waals surface area contributed by atoms with E-state index in [9.17, 15) is 19.5 Å². The number of aliphatic hydroxyl groups excluding tert-OH is 1. The standard InChI is InChI=1S/C13H21N3O4/c1-14-12(19)9-6-16(7-9)11(18)8-15-5-3-2-4-10(17)13(15)20/h9-10,17H,2-8H2,1H3,(H,14,19). The van der Waals surface area contributed by atoms with Crippen molar-refractivity contribution >= 4 is 17.7 Å². The molecule has 2 rings (SSSR count). The minimum Gasteiger partial charge on any atom is -0.383 e. The highest BCUT2D eigenvalue weighted by Gasteiger charge is 2.36. The number of nitrogens with zero attached hydrogens (tertiary/aromatic N) is 2. The Bertz CT molecular complexity index is 406. The zero-order valence-electron chi connectivity index (χ0n) is 11.7. The zero-order valence-corrected chi connectivity index (χ0v) is 11.7. The van der Waals surface area contributed by atoms with Crippen molar-refractivity contribution in [2.24, 2.45) is 5.92 Å². The lowest BCUT2D eigenvalue weighted by atomic mass is 9.99. The van der Waals surface area contributed by atoms with Gasteiger partial charge in [0.15, 0.2) is 0 Å². The van der Waals surface area contributed by atoms with Gasteiger partial charge in [-0.3, -0.25) is 14.4 Å². The maximum atomic E-state index is 12.0. The number of likely N-dealkylation sites (tertiary alicyclic amines) is 2. The van der Waals surface area contributed by atoms with Crippen LogP contribution in [0.2, 0.25) is 0 Å². The number of hydrogen-bond acceptors (Lipinski definition) is 4. The molecule has 1 atom stereocenters. The van der Waals surface area contributed by atoms with Gasteiger partial charge >= 0.3 is 0 Å². The summed E-state index contributed by atoms with van der Waals surface area (Å²) in [5.41, 5.74) is 0. The van der Waals surface area contributed by atoms with Gasteiger partial charge in [0.1, 0.15) is 6.10 Å². The van der Waals surface area contributed by atoms with Crippen molar-refractivity contribution in [3.8, 4) is 0 Å². The molecule has 0 spiro atoms. The quantitative estimate of drug-likeness (QED) is 0.664. The molecule has 2 saturated heterocycles. The first-order valence-electron chi connectivity index (χ1n) is 6.99. The lowest BCUT2D eigenvalue weighted by Crippen LogP contribution is -2.57. The van der Waals surface area contributed by atoms with Crippen LogP contribution < -0.4 is 5.32 Å². The Morgan fingerprint density at radius 3 is 2.70 bits per heavy atom. The second-order valence-electron chi connectivity index (χ2n) is 5.38. The number of nitrogens with one attached hydrogen (secondary N) is 1. The van der Waals surface area contributed by atoms with Gasteiger partial charge in [-0.05, 0) is 19.3 Å². The Hall–Kier alpha value is -1.63. The van der Waals surface area contributed by atoms with E-state index in [1.165, 1.54) is 4.90 Å². The van der Waals surface area contributed by atoms with Gasteiger partial charge in [0.05, 0.1) is 12.5 Å². The molecule has 1 unspecified atom stereocenters. The molecular weight excluding hydrogens is 262 g/mol. The van der Waals surface area contributed by atoms with Crippen LogP contribution in [0.25, 0.3) is 0 Å². The van der Waals surface area contributed by atoms with E-state index in [0.717, 1.165) is 12.8 Å². The zero-order chi connectivity index (χ0) is 14.7. The van der Waals surface area contributed by atoms with Gasteiger partial charge in [-0.15, -0.1) is 0 Å². The molecule has 3 amide bonds. The third-order valence-corrected chi connectivity index (χ3v) is 3.93. The molecule has 0 aromatic heterocycles. The van der Waals surface area contributed by atoms with Crippen LogP contribution in [-0.4, -0.2) is 72.0 Å². The van der Waals surface area contributed by atoms with E-state index in [-0.39, 0.29) is 30.2 Å². The molecule has 0 radical (unpaired) electrons. The van der Waals surface area contributed by atoms with Gasteiger partial charge in [-0.1, -0.05) is 0 Å². The number of rotatable bonds is 3. The van der Waals surface area contributed by atoms with Crippen molar-refractivity contribution in [3.05, 3.63) is 0 Å². The maximum Gasteiger partial charge on any atom is 0.251 e. The first-order valence-corrected chi connectivity index (χ1v) is 6.99. The third kappa shape index (κ3) is 3.09.